The largest absolute Gasteiger partial charge is 0.478 e. The van der Waals surface area contributed by atoms with E-state index in [1.807, 2.05) is 6.07 Å². The number of hydrogen-bond donors (Lipinski definition) is 1. The van der Waals surface area contributed by atoms with Crippen LogP contribution < -0.4 is 0 Å². The third-order valence-corrected chi connectivity index (χ3v) is 4.13. The Hall–Kier alpha value is -1.81. The van der Waals surface area contributed by atoms with E-state index in [1.54, 1.807) is 12.1 Å². The maximum atomic E-state index is 11.1. The van der Waals surface area contributed by atoms with Crippen LogP contribution in [0.25, 0.3) is 10.9 Å². The lowest BCUT2D eigenvalue weighted by atomic mass is 10.1. The van der Waals surface area contributed by atoms with Gasteiger partial charge in [-0.25, -0.2) is 4.79 Å². The van der Waals surface area contributed by atoms with E-state index in [-0.39, 0.29) is 0 Å². The van der Waals surface area contributed by atoms with Crippen molar-refractivity contribution in [2.75, 3.05) is 13.1 Å². The maximum absolute atomic E-state index is 11.1. The first kappa shape index (κ1) is 13.2. The van der Waals surface area contributed by atoms with Gasteiger partial charge in [0.1, 0.15) is 0 Å². The molecule has 1 N–H and O–H groups in total. The molecule has 106 valence electrons. The van der Waals surface area contributed by atoms with Gasteiger partial charge in [0.2, 0.25) is 0 Å². The van der Waals surface area contributed by atoms with Gasteiger partial charge in [0.25, 0.3) is 0 Å². The van der Waals surface area contributed by atoms with Gasteiger partial charge in [0.15, 0.2) is 0 Å². The van der Waals surface area contributed by atoms with Crippen LogP contribution in [0.1, 0.15) is 35.8 Å². The predicted molar refractivity (Wildman–Crippen MR) is 79.1 cm³/mol. The molecule has 4 heteroatoms. The minimum absolute atomic E-state index is 0.360. The van der Waals surface area contributed by atoms with Crippen molar-refractivity contribution in [3.63, 3.8) is 0 Å². The number of carboxylic acid groups (broad SMARTS) is 1. The Kier molecular flexibility index (Phi) is 3.49. The quantitative estimate of drug-likeness (QED) is 0.930. The number of carboxylic acids is 1. The van der Waals surface area contributed by atoms with Gasteiger partial charge >= 0.3 is 5.97 Å². The number of benzene rings is 1. The van der Waals surface area contributed by atoms with E-state index in [1.165, 1.54) is 31.6 Å². The zero-order valence-electron chi connectivity index (χ0n) is 11.8. The molecule has 4 nitrogen and oxygen atoms in total. The highest BCUT2D eigenvalue weighted by Crippen LogP contribution is 2.23. The zero-order valence-corrected chi connectivity index (χ0v) is 11.8. The van der Waals surface area contributed by atoms with Gasteiger partial charge in [-0.15, -0.1) is 0 Å². The average molecular weight is 272 g/mol. The summed E-state index contributed by atoms with van der Waals surface area (Å²) in [5, 5.41) is 10.1. The Morgan fingerprint density at radius 1 is 1.25 bits per heavy atom. The smallest absolute Gasteiger partial charge is 0.335 e. The first-order valence-corrected chi connectivity index (χ1v) is 7.27. The van der Waals surface area contributed by atoms with Gasteiger partial charge in [-0.05, 0) is 57.1 Å². The molecule has 1 aliphatic heterocycles. The lowest BCUT2D eigenvalue weighted by Crippen LogP contribution is -2.20. The average Bonchev–Trinajstić information content (AvgIpc) is 3.04. The summed E-state index contributed by atoms with van der Waals surface area (Å²) in [6, 6.07) is 7.53. The molecular formula is C16H20N2O2. The van der Waals surface area contributed by atoms with Gasteiger partial charge in [0, 0.05) is 29.7 Å². The molecule has 0 unspecified atom stereocenters. The molecular weight excluding hydrogens is 252 g/mol. The Morgan fingerprint density at radius 2 is 2.00 bits per heavy atom. The number of rotatable bonds is 4. The molecule has 2 heterocycles. The molecule has 2 aromatic rings. The van der Waals surface area contributed by atoms with Crippen LogP contribution in [0.4, 0.5) is 0 Å². The van der Waals surface area contributed by atoms with Crippen molar-refractivity contribution in [2.45, 2.75) is 32.9 Å². The fourth-order valence-electron chi connectivity index (χ4n) is 3.14. The second-order valence-electron chi connectivity index (χ2n) is 5.44. The first-order valence-electron chi connectivity index (χ1n) is 7.27. The minimum atomic E-state index is -0.864. The molecule has 1 aromatic heterocycles. The van der Waals surface area contributed by atoms with Gasteiger partial charge in [-0.2, -0.15) is 0 Å². The zero-order chi connectivity index (χ0) is 14.1. The lowest BCUT2D eigenvalue weighted by molar-refractivity contribution is 0.0697. The van der Waals surface area contributed by atoms with Gasteiger partial charge < -0.3 is 9.67 Å². The van der Waals surface area contributed by atoms with Gasteiger partial charge in [-0.1, -0.05) is 0 Å². The van der Waals surface area contributed by atoms with Crippen molar-refractivity contribution in [2.24, 2.45) is 0 Å². The molecule has 0 atom stereocenters. The summed E-state index contributed by atoms with van der Waals surface area (Å²) >= 11 is 0. The van der Waals surface area contributed by atoms with Crippen molar-refractivity contribution in [3.8, 4) is 0 Å². The number of carbonyl (C=O) groups is 1. The van der Waals surface area contributed by atoms with E-state index in [0.29, 0.717) is 5.56 Å². The third kappa shape index (κ3) is 2.31. The van der Waals surface area contributed by atoms with E-state index in [0.717, 1.165) is 24.0 Å². The van der Waals surface area contributed by atoms with E-state index < -0.39 is 5.97 Å². The summed E-state index contributed by atoms with van der Waals surface area (Å²) < 4.78 is 2.29. The highest BCUT2D eigenvalue weighted by atomic mass is 16.4. The molecule has 1 aliphatic rings. The molecule has 0 saturated carbocycles. The molecule has 0 bridgehead atoms. The van der Waals surface area contributed by atoms with Crippen molar-refractivity contribution in [3.05, 3.63) is 35.5 Å². The molecule has 0 amide bonds. The van der Waals surface area contributed by atoms with E-state index >= 15 is 0 Å². The van der Waals surface area contributed by atoms with Crippen LogP contribution >= 0.6 is 0 Å². The van der Waals surface area contributed by atoms with Crippen LogP contribution in [-0.2, 0) is 13.1 Å². The fourth-order valence-corrected chi connectivity index (χ4v) is 3.14. The topological polar surface area (TPSA) is 45.5 Å². The molecule has 1 aromatic carbocycles. The van der Waals surface area contributed by atoms with Crippen LogP contribution in [0, 0.1) is 0 Å². The first-order chi connectivity index (χ1) is 9.69. The number of likely N-dealkylation sites (tertiary alicyclic amines) is 1. The fraction of sp³-hybridized carbons (Fsp3) is 0.438. The molecule has 0 aliphatic carbocycles. The second kappa shape index (κ2) is 5.29. The molecule has 1 saturated heterocycles. The maximum Gasteiger partial charge on any atom is 0.335 e. The number of aryl methyl sites for hydroxylation is 1. The second-order valence-corrected chi connectivity index (χ2v) is 5.44. The van der Waals surface area contributed by atoms with Crippen molar-refractivity contribution >= 4 is 16.9 Å². The highest BCUT2D eigenvalue weighted by Gasteiger charge is 2.16. The number of hydrogen-bond acceptors (Lipinski definition) is 2. The summed E-state index contributed by atoms with van der Waals surface area (Å²) in [4.78, 5) is 13.5. The normalized spacial score (nSPS) is 16.1. The minimum Gasteiger partial charge on any atom is -0.478 e. The number of fused-ring (bicyclic) bond motifs is 1. The van der Waals surface area contributed by atoms with Crippen LogP contribution in [0.3, 0.4) is 0 Å². The Morgan fingerprint density at radius 3 is 2.65 bits per heavy atom. The summed E-state index contributed by atoms with van der Waals surface area (Å²) in [5.74, 6) is -0.864. The van der Waals surface area contributed by atoms with Crippen molar-refractivity contribution < 1.29 is 9.90 Å². The Balaban J connectivity index is 2.00. The summed E-state index contributed by atoms with van der Waals surface area (Å²) in [6.45, 7) is 6.36. The molecule has 0 spiro atoms. The lowest BCUT2D eigenvalue weighted by Gasteiger charge is -2.16. The highest BCUT2D eigenvalue weighted by molar-refractivity contribution is 5.94. The standard InChI is InChI=1S/C16H20N2O2/c1-2-18-14(11-17-7-3-4-8-17)10-13-9-12(16(19)20)5-6-15(13)18/h5-6,9-10H,2-4,7-8,11H2,1H3,(H,19,20). The molecule has 1 fully saturated rings. The van der Waals surface area contributed by atoms with Crippen molar-refractivity contribution in [1.82, 2.24) is 9.47 Å². The number of nitrogens with zero attached hydrogens (tertiary/aromatic N) is 2. The summed E-state index contributed by atoms with van der Waals surface area (Å²) in [5.41, 5.74) is 2.78. The Bertz CT molecular complexity index is 639. The van der Waals surface area contributed by atoms with Crippen LogP contribution in [0.15, 0.2) is 24.3 Å². The van der Waals surface area contributed by atoms with Crippen LogP contribution in [0.2, 0.25) is 0 Å². The number of aromatic nitrogens is 1. The summed E-state index contributed by atoms with van der Waals surface area (Å²) in [7, 11) is 0. The van der Waals surface area contributed by atoms with E-state index in [9.17, 15) is 4.79 Å². The van der Waals surface area contributed by atoms with Gasteiger partial charge in [-0.3, -0.25) is 4.90 Å². The predicted octanol–water partition coefficient (Wildman–Crippen LogP) is 2.96. The summed E-state index contributed by atoms with van der Waals surface area (Å²) in [6.07, 6.45) is 2.57. The Labute approximate surface area is 118 Å². The molecule has 20 heavy (non-hydrogen) atoms. The third-order valence-electron chi connectivity index (χ3n) is 4.13. The molecule has 3 rings (SSSR count). The van der Waals surface area contributed by atoms with Crippen LogP contribution in [0.5, 0.6) is 0 Å². The van der Waals surface area contributed by atoms with E-state index in [2.05, 4.69) is 22.5 Å². The molecule has 0 radical (unpaired) electrons. The SMILES string of the molecule is CCn1c(CN2CCCC2)cc2cc(C(=O)O)ccc21. The van der Waals surface area contributed by atoms with Crippen molar-refractivity contribution in [1.29, 1.82) is 0 Å². The van der Waals surface area contributed by atoms with Crippen LogP contribution in [-0.4, -0.2) is 33.6 Å². The van der Waals surface area contributed by atoms with Gasteiger partial charge in [0.05, 0.1) is 5.56 Å². The number of aromatic carboxylic acids is 1. The van der Waals surface area contributed by atoms with E-state index in [4.69, 9.17) is 5.11 Å². The monoisotopic (exact) mass is 272 g/mol.